The van der Waals surface area contributed by atoms with Crippen molar-refractivity contribution in [3.8, 4) is 0 Å². The molecule has 4 heterocycles. The molecule has 0 bridgehead atoms. The van der Waals surface area contributed by atoms with Gasteiger partial charge in [0, 0.05) is 57.3 Å². The number of rotatable bonds is 3. The van der Waals surface area contributed by atoms with Crippen LogP contribution in [0.5, 0.6) is 0 Å². The summed E-state index contributed by atoms with van der Waals surface area (Å²) < 4.78 is 5.49. The third kappa shape index (κ3) is 2.72. The van der Waals surface area contributed by atoms with Gasteiger partial charge in [0.2, 0.25) is 5.95 Å². The van der Waals surface area contributed by atoms with E-state index >= 15 is 0 Å². The highest BCUT2D eigenvalue weighted by molar-refractivity contribution is 5.36. The summed E-state index contributed by atoms with van der Waals surface area (Å²) in [7, 11) is 0. The number of anilines is 1. The van der Waals surface area contributed by atoms with E-state index in [0.29, 0.717) is 12.1 Å². The number of fused-ring (bicyclic) bond motifs is 1. The lowest BCUT2D eigenvalue weighted by molar-refractivity contribution is 0.0508. The minimum Gasteiger partial charge on any atom is -0.381 e. The van der Waals surface area contributed by atoms with E-state index in [0.717, 1.165) is 37.2 Å². The first-order chi connectivity index (χ1) is 10.8. The molecule has 5 heteroatoms. The Labute approximate surface area is 132 Å². The Morgan fingerprint density at radius 3 is 2.55 bits per heavy atom. The van der Waals surface area contributed by atoms with Crippen molar-refractivity contribution in [2.45, 2.75) is 44.7 Å². The highest BCUT2D eigenvalue weighted by atomic mass is 16.5. The molecule has 0 amide bonds. The zero-order valence-electron chi connectivity index (χ0n) is 13.4. The summed E-state index contributed by atoms with van der Waals surface area (Å²) in [5.74, 6) is 1.75. The van der Waals surface area contributed by atoms with Crippen molar-refractivity contribution in [1.29, 1.82) is 0 Å². The highest BCUT2D eigenvalue weighted by Gasteiger charge is 2.43. The van der Waals surface area contributed by atoms with Gasteiger partial charge in [-0.1, -0.05) is 0 Å². The quantitative estimate of drug-likeness (QED) is 0.852. The first-order valence-electron chi connectivity index (χ1n) is 8.68. The van der Waals surface area contributed by atoms with Crippen molar-refractivity contribution in [3.05, 3.63) is 18.0 Å². The van der Waals surface area contributed by atoms with Crippen molar-refractivity contribution >= 4 is 5.95 Å². The lowest BCUT2D eigenvalue weighted by Crippen LogP contribution is -2.40. The van der Waals surface area contributed by atoms with E-state index < -0.39 is 0 Å². The third-order valence-corrected chi connectivity index (χ3v) is 5.55. The number of hydrogen-bond donors (Lipinski definition) is 0. The van der Waals surface area contributed by atoms with Crippen LogP contribution in [0.25, 0.3) is 0 Å². The van der Waals surface area contributed by atoms with Gasteiger partial charge in [0.25, 0.3) is 0 Å². The fraction of sp³-hybridized carbons (Fsp3) is 0.765. The molecule has 120 valence electrons. The molecule has 0 radical (unpaired) electrons. The van der Waals surface area contributed by atoms with Gasteiger partial charge in [-0.05, 0) is 44.1 Å². The first kappa shape index (κ1) is 14.4. The van der Waals surface area contributed by atoms with E-state index in [4.69, 9.17) is 4.74 Å². The van der Waals surface area contributed by atoms with Gasteiger partial charge < -0.3 is 9.64 Å². The van der Waals surface area contributed by atoms with Gasteiger partial charge in [0.1, 0.15) is 0 Å². The Balaban J connectivity index is 1.41. The van der Waals surface area contributed by atoms with E-state index in [2.05, 4.69) is 19.8 Å². The van der Waals surface area contributed by atoms with Gasteiger partial charge in [-0.3, -0.25) is 4.90 Å². The maximum atomic E-state index is 5.49. The van der Waals surface area contributed by atoms with Crippen LogP contribution in [0.2, 0.25) is 0 Å². The summed E-state index contributed by atoms with van der Waals surface area (Å²) in [6, 6.07) is 1.32. The second kappa shape index (κ2) is 6.13. The fourth-order valence-corrected chi connectivity index (χ4v) is 4.35. The summed E-state index contributed by atoms with van der Waals surface area (Å²) in [5, 5.41) is 0. The number of likely N-dealkylation sites (tertiary alicyclic amines) is 1. The van der Waals surface area contributed by atoms with E-state index in [1.54, 1.807) is 0 Å². The molecule has 1 aromatic rings. The van der Waals surface area contributed by atoms with Gasteiger partial charge >= 0.3 is 0 Å². The zero-order valence-corrected chi connectivity index (χ0v) is 13.4. The minimum absolute atomic E-state index is 0.613. The van der Waals surface area contributed by atoms with Crippen molar-refractivity contribution in [2.75, 3.05) is 37.7 Å². The van der Waals surface area contributed by atoms with Crippen LogP contribution in [0.1, 0.15) is 31.2 Å². The third-order valence-electron chi connectivity index (χ3n) is 5.55. The van der Waals surface area contributed by atoms with Gasteiger partial charge in [-0.15, -0.1) is 0 Å². The number of aromatic nitrogens is 2. The van der Waals surface area contributed by atoms with Crippen LogP contribution in [0.4, 0.5) is 5.95 Å². The fourth-order valence-electron chi connectivity index (χ4n) is 4.35. The highest BCUT2D eigenvalue weighted by Crippen LogP contribution is 2.34. The molecule has 5 nitrogen and oxygen atoms in total. The van der Waals surface area contributed by atoms with Crippen LogP contribution < -0.4 is 4.90 Å². The Bertz CT molecular complexity index is 500. The van der Waals surface area contributed by atoms with E-state index in [1.165, 1.54) is 38.8 Å². The standard InChI is InChI=1S/C17H26N4O/c1-13-10-18-17(19-11-13)21-7-3-15-16(21)2-6-20(15)12-14-4-8-22-9-5-14/h10-11,14-16H,2-9,12H2,1H3/t15-,16+/m1/s1. The van der Waals surface area contributed by atoms with E-state index in [-0.39, 0.29) is 0 Å². The van der Waals surface area contributed by atoms with Gasteiger partial charge in [0.15, 0.2) is 0 Å². The zero-order chi connectivity index (χ0) is 14.9. The lowest BCUT2D eigenvalue weighted by Gasteiger charge is -2.30. The molecule has 0 aromatic carbocycles. The number of ether oxygens (including phenoxy) is 1. The number of aryl methyl sites for hydroxylation is 1. The molecule has 2 atom stereocenters. The van der Waals surface area contributed by atoms with Crippen molar-refractivity contribution in [2.24, 2.45) is 5.92 Å². The maximum absolute atomic E-state index is 5.49. The van der Waals surface area contributed by atoms with Crippen molar-refractivity contribution in [1.82, 2.24) is 14.9 Å². The van der Waals surface area contributed by atoms with Crippen LogP contribution in [-0.4, -0.2) is 59.8 Å². The Kier molecular flexibility index (Phi) is 4.01. The van der Waals surface area contributed by atoms with Crippen LogP contribution >= 0.6 is 0 Å². The summed E-state index contributed by atoms with van der Waals surface area (Å²) in [5.41, 5.74) is 1.13. The molecular weight excluding hydrogens is 276 g/mol. The Morgan fingerprint density at radius 1 is 1.05 bits per heavy atom. The molecule has 3 aliphatic rings. The molecule has 0 aliphatic carbocycles. The molecule has 3 fully saturated rings. The summed E-state index contributed by atoms with van der Waals surface area (Å²) in [6.45, 7) is 7.54. The molecule has 4 rings (SSSR count). The van der Waals surface area contributed by atoms with Crippen molar-refractivity contribution < 1.29 is 4.74 Å². The normalized spacial score (nSPS) is 30.0. The first-order valence-corrected chi connectivity index (χ1v) is 8.68. The molecule has 0 unspecified atom stereocenters. The largest absolute Gasteiger partial charge is 0.381 e. The lowest BCUT2D eigenvalue weighted by atomic mass is 9.99. The molecule has 0 saturated carbocycles. The second-order valence-electron chi connectivity index (χ2n) is 7.02. The number of nitrogens with zero attached hydrogens (tertiary/aromatic N) is 4. The van der Waals surface area contributed by atoms with Crippen molar-refractivity contribution in [3.63, 3.8) is 0 Å². The monoisotopic (exact) mass is 302 g/mol. The van der Waals surface area contributed by atoms with Crippen LogP contribution in [0.3, 0.4) is 0 Å². The molecule has 0 N–H and O–H groups in total. The topological polar surface area (TPSA) is 41.5 Å². The Hall–Kier alpha value is -1.20. The van der Waals surface area contributed by atoms with Gasteiger partial charge in [-0.25, -0.2) is 9.97 Å². The molecule has 22 heavy (non-hydrogen) atoms. The molecule has 1 aromatic heterocycles. The summed E-state index contributed by atoms with van der Waals surface area (Å²) >= 11 is 0. The van der Waals surface area contributed by atoms with E-state index in [9.17, 15) is 0 Å². The number of hydrogen-bond acceptors (Lipinski definition) is 5. The predicted molar refractivity (Wildman–Crippen MR) is 86.0 cm³/mol. The molecular formula is C17H26N4O. The minimum atomic E-state index is 0.613. The van der Waals surface area contributed by atoms with Crippen LogP contribution in [0, 0.1) is 12.8 Å². The SMILES string of the molecule is Cc1cnc(N2CC[C@@H]3[C@@H]2CCN3CC2CCOCC2)nc1. The van der Waals surface area contributed by atoms with Gasteiger partial charge in [0.05, 0.1) is 0 Å². The van der Waals surface area contributed by atoms with Crippen LogP contribution in [-0.2, 0) is 4.74 Å². The van der Waals surface area contributed by atoms with Gasteiger partial charge in [-0.2, -0.15) is 0 Å². The smallest absolute Gasteiger partial charge is 0.225 e. The summed E-state index contributed by atoms with van der Waals surface area (Å²) in [6.07, 6.45) is 8.85. The average Bonchev–Trinajstić information content (AvgIpc) is 3.13. The molecule has 3 aliphatic heterocycles. The predicted octanol–water partition coefficient (Wildman–Crippen LogP) is 1.86. The molecule has 0 spiro atoms. The average molecular weight is 302 g/mol. The molecule has 3 saturated heterocycles. The van der Waals surface area contributed by atoms with Crippen LogP contribution in [0.15, 0.2) is 12.4 Å². The maximum Gasteiger partial charge on any atom is 0.225 e. The van der Waals surface area contributed by atoms with E-state index in [1.807, 2.05) is 19.3 Å². The second-order valence-corrected chi connectivity index (χ2v) is 7.02. The summed E-state index contributed by atoms with van der Waals surface area (Å²) in [4.78, 5) is 14.3. The Morgan fingerprint density at radius 2 is 1.77 bits per heavy atom.